The van der Waals surface area contributed by atoms with Gasteiger partial charge in [0, 0.05) is 22.3 Å². The highest BCUT2D eigenvalue weighted by molar-refractivity contribution is 9.11. The first-order chi connectivity index (χ1) is 12.4. The molecule has 0 aliphatic carbocycles. The number of nitrogens with zero attached hydrogens (tertiary/aromatic N) is 1. The fourth-order valence-corrected chi connectivity index (χ4v) is 3.55. The van der Waals surface area contributed by atoms with E-state index < -0.39 is 12.2 Å². The van der Waals surface area contributed by atoms with Gasteiger partial charge in [-0.05, 0) is 65.2 Å². The molecule has 3 N–H and O–H groups in total. The van der Waals surface area contributed by atoms with Gasteiger partial charge in [-0.3, -0.25) is 5.32 Å². The zero-order valence-corrected chi connectivity index (χ0v) is 16.7. The standard InChI is InChI=1S/C18H16Br2N2O4/c19-12-8-14(17(24)15(20)9-12)16(2-1-7-23)26-18(25)22-13-5-3-11(10-21)4-6-13/h3-6,8-9,16,23-24H,1-2,7H2,(H,22,25)/t16-/m0/s1. The first kappa shape index (κ1) is 20.2. The molecule has 0 bridgehead atoms. The Hall–Kier alpha value is -2.08. The highest BCUT2D eigenvalue weighted by atomic mass is 79.9. The molecule has 2 aromatic carbocycles. The quantitative estimate of drug-likeness (QED) is 0.544. The van der Waals surface area contributed by atoms with Crippen molar-refractivity contribution in [1.82, 2.24) is 0 Å². The van der Waals surface area contributed by atoms with Crippen LogP contribution in [-0.4, -0.2) is 22.9 Å². The monoisotopic (exact) mass is 482 g/mol. The van der Waals surface area contributed by atoms with Crippen LogP contribution in [0.3, 0.4) is 0 Å². The van der Waals surface area contributed by atoms with Crippen molar-refractivity contribution in [2.45, 2.75) is 18.9 Å². The molecule has 2 rings (SSSR count). The minimum absolute atomic E-state index is 0.0256. The number of phenolic OH excluding ortho intramolecular Hbond substituents is 1. The molecule has 0 saturated carbocycles. The summed E-state index contributed by atoms with van der Waals surface area (Å²) in [6.07, 6.45) is -0.700. The number of hydrogen-bond acceptors (Lipinski definition) is 5. The number of halogens is 2. The number of aliphatic hydroxyl groups excluding tert-OH is 1. The summed E-state index contributed by atoms with van der Waals surface area (Å²) in [5.74, 6) is -0.0256. The number of anilines is 1. The molecule has 1 atom stereocenters. The van der Waals surface area contributed by atoms with E-state index >= 15 is 0 Å². The Labute approximate surface area is 167 Å². The van der Waals surface area contributed by atoms with Crippen molar-refractivity contribution in [1.29, 1.82) is 5.26 Å². The number of carbonyl (C=O) groups excluding carboxylic acids is 1. The van der Waals surface area contributed by atoms with Crippen molar-refractivity contribution in [2.75, 3.05) is 11.9 Å². The molecule has 1 amide bonds. The molecule has 0 unspecified atom stereocenters. The molecule has 0 fully saturated rings. The number of phenols is 1. The summed E-state index contributed by atoms with van der Waals surface area (Å²) in [4.78, 5) is 12.2. The van der Waals surface area contributed by atoms with Crippen LogP contribution >= 0.6 is 31.9 Å². The van der Waals surface area contributed by atoms with Gasteiger partial charge < -0.3 is 14.9 Å². The third kappa shape index (κ3) is 5.46. The third-order valence-electron chi connectivity index (χ3n) is 3.54. The average molecular weight is 484 g/mol. The number of carbonyl (C=O) groups is 1. The predicted molar refractivity (Wildman–Crippen MR) is 104 cm³/mol. The number of rotatable bonds is 6. The molecule has 0 radical (unpaired) electrons. The van der Waals surface area contributed by atoms with E-state index in [0.717, 1.165) is 0 Å². The molecular formula is C18H16Br2N2O4. The number of amides is 1. The molecule has 136 valence electrons. The van der Waals surface area contributed by atoms with Crippen molar-refractivity contribution in [3.63, 3.8) is 0 Å². The fourth-order valence-electron chi connectivity index (χ4n) is 2.29. The van der Waals surface area contributed by atoms with Gasteiger partial charge in [0.2, 0.25) is 0 Å². The van der Waals surface area contributed by atoms with Gasteiger partial charge in [-0.1, -0.05) is 15.9 Å². The van der Waals surface area contributed by atoms with Crippen LogP contribution in [0.2, 0.25) is 0 Å². The summed E-state index contributed by atoms with van der Waals surface area (Å²) in [5.41, 5.74) is 1.39. The molecular weight excluding hydrogens is 468 g/mol. The Bertz CT molecular complexity index is 819. The summed E-state index contributed by atoms with van der Waals surface area (Å²) < 4.78 is 6.64. The second kappa shape index (κ2) is 9.57. The lowest BCUT2D eigenvalue weighted by Gasteiger charge is -2.20. The Balaban J connectivity index is 2.16. The fraction of sp³-hybridized carbons (Fsp3) is 0.222. The summed E-state index contributed by atoms with van der Waals surface area (Å²) >= 11 is 6.60. The molecule has 0 saturated heterocycles. The van der Waals surface area contributed by atoms with Gasteiger partial charge in [0.15, 0.2) is 0 Å². The van der Waals surface area contributed by atoms with Crippen LogP contribution in [0.5, 0.6) is 5.75 Å². The molecule has 26 heavy (non-hydrogen) atoms. The Morgan fingerprint density at radius 3 is 2.58 bits per heavy atom. The average Bonchev–Trinajstić information content (AvgIpc) is 2.62. The van der Waals surface area contributed by atoms with Gasteiger partial charge in [-0.15, -0.1) is 0 Å². The van der Waals surface area contributed by atoms with Gasteiger partial charge >= 0.3 is 6.09 Å². The molecule has 2 aromatic rings. The van der Waals surface area contributed by atoms with Crippen LogP contribution in [0.15, 0.2) is 45.3 Å². The van der Waals surface area contributed by atoms with E-state index in [1.165, 1.54) is 0 Å². The number of ether oxygens (including phenoxy) is 1. The molecule has 0 aliphatic heterocycles. The second-order valence-electron chi connectivity index (χ2n) is 5.40. The van der Waals surface area contributed by atoms with Crippen molar-refractivity contribution in [3.05, 3.63) is 56.5 Å². The number of nitrogens with one attached hydrogen (secondary N) is 1. The van der Waals surface area contributed by atoms with Crippen LogP contribution in [0.25, 0.3) is 0 Å². The zero-order valence-electron chi connectivity index (χ0n) is 13.6. The molecule has 8 heteroatoms. The van der Waals surface area contributed by atoms with Crippen molar-refractivity contribution in [3.8, 4) is 11.8 Å². The highest BCUT2D eigenvalue weighted by Crippen LogP contribution is 2.38. The van der Waals surface area contributed by atoms with Gasteiger partial charge in [0.05, 0.1) is 16.1 Å². The van der Waals surface area contributed by atoms with Crippen LogP contribution in [0, 0.1) is 11.3 Å². The summed E-state index contributed by atoms with van der Waals surface area (Å²) in [5, 5.41) is 30.8. The maximum absolute atomic E-state index is 12.2. The van der Waals surface area contributed by atoms with E-state index in [-0.39, 0.29) is 12.4 Å². The predicted octanol–water partition coefficient (Wildman–Crippen LogP) is 4.85. The number of benzene rings is 2. The largest absolute Gasteiger partial charge is 0.506 e. The van der Waals surface area contributed by atoms with E-state index in [0.29, 0.717) is 38.6 Å². The van der Waals surface area contributed by atoms with E-state index in [1.54, 1.807) is 36.4 Å². The van der Waals surface area contributed by atoms with Gasteiger partial charge in [-0.25, -0.2) is 4.79 Å². The molecule has 6 nitrogen and oxygen atoms in total. The van der Waals surface area contributed by atoms with Gasteiger partial charge in [0.1, 0.15) is 11.9 Å². The van der Waals surface area contributed by atoms with E-state index in [1.807, 2.05) is 6.07 Å². The summed E-state index contributed by atoms with van der Waals surface area (Å²) in [6, 6.07) is 11.7. The van der Waals surface area contributed by atoms with Gasteiger partial charge in [-0.2, -0.15) is 5.26 Å². The highest BCUT2D eigenvalue weighted by Gasteiger charge is 2.22. The maximum Gasteiger partial charge on any atom is 0.412 e. The van der Waals surface area contributed by atoms with E-state index in [2.05, 4.69) is 37.2 Å². The zero-order chi connectivity index (χ0) is 19.1. The van der Waals surface area contributed by atoms with Crippen LogP contribution in [-0.2, 0) is 4.74 Å². The first-order valence-corrected chi connectivity index (χ1v) is 9.29. The van der Waals surface area contributed by atoms with Crippen molar-refractivity contribution in [2.24, 2.45) is 0 Å². The first-order valence-electron chi connectivity index (χ1n) is 7.71. The lowest BCUT2D eigenvalue weighted by atomic mass is 10.0. The van der Waals surface area contributed by atoms with Crippen LogP contribution in [0.1, 0.15) is 30.1 Å². The van der Waals surface area contributed by atoms with Crippen LogP contribution in [0.4, 0.5) is 10.5 Å². The van der Waals surface area contributed by atoms with E-state index in [4.69, 9.17) is 15.1 Å². The minimum Gasteiger partial charge on any atom is -0.506 e. The Kier molecular flexibility index (Phi) is 7.45. The molecule has 0 spiro atoms. The number of aliphatic hydroxyl groups is 1. The lowest BCUT2D eigenvalue weighted by Crippen LogP contribution is -2.18. The summed E-state index contributed by atoms with van der Waals surface area (Å²) in [7, 11) is 0. The SMILES string of the molecule is N#Cc1ccc(NC(=O)O[C@@H](CCCO)c2cc(Br)cc(Br)c2O)cc1. The molecule has 0 aliphatic rings. The smallest absolute Gasteiger partial charge is 0.412 e. The molecule has 0 aromatic heterocycles. The molecule has 0 heterocycles. The third-order valence-corrected chi connectivity index (χ3v) is 4.60. The number of aromatic hydroxyl groups is 1. The van der Waals surface area contributed by atoms with Crippen LogP contribution < -0.4 is 5.32 Å². The number of nitriles is 1. The lowest BCUT2D eigenvalue weighted by molar-refractivity contribution is 0.0979. The maximum atomic E-state index is 12.2. The van der Waals surface area contributed by atoms with Crippen molar-refractivity contribution >= 4 is 43.6 Å². The summed E-state index contributed by atoms with van der Waals surface area (Å²) in [6.45, 7) is -0.0625. The van der Waals surface area contributed by atoms with Crippen molar-refractivity contribution < 1.29 is 19.7 Å². The minimum atomic E-state index is -0.741. The number of hydrogen-bond donors (Lipinski definition) is 3. The Morgan fingerprint density at radius 2 is 1.96 bits per heavy atom. The second-order valence-corrected chi connectivity index (χ2v) is 7.17. The Morgan fingerprint density at radius 1 is 1.27 bits per heavy atom. The van der Waals surface area contributed by atoms with E-state index in [9.17, 15) is 9.90 Å². The topological polar surface area (TPSA) is 103 Å². The normalized spacial score (nSPS) is 11.5. The van der Waals surface area contributed by atoms with Gasteiger partial charge in [0.25, 0.3) is 0 Å².